The van der Waals surface area contributed by atoms with Crippen molar-refractivity contribution in [2.45, 2.75) is 64.9 Å². The number of amides is 2. The molecule has 0 radical (unpaired) electrons. The number of hydrogen-bond donors (Lipinski definition) is 2. The van der Waals surface area contributed by atoms with Crippen molar-refractivity contribution in [1.82, 2.24) is 15.5 Å². The van der Waals surface area contributed by atoms with Crippen LogP contribution in [-0.2, 0) is 14.3 Å². The molecule has 120 valence electrons. The Bertz CT molecular complexity index is 424. The summed E-state index contributed by atoms with van der Waals surface area (Å²) in [5.74, 6) is -0.173. The Morgan fingerprint density at radius 3 is 2.76 bits per heavy atom. The van der Waals surface area contributed by atoms with Crippen LogP contribution in [0, 0.1) is 5.41 Å². The van der Waals surface area contributed by atoms with Crippen LogP contribution in [0.3, 0.4) is 0 Å². The number of nitrogens with zero attached hydrogens (tertiary/aromatic N) is 1. The van der Waals surface area contributed by atoms with Crippen LogP contribution in [0.2, 0.25) is 0 Å². The Labute approximate surface area is 126 Å². The van der Waals surface area contributed by atoms with Gasteiger partial charge in [-0.2, -0.15) is 0 Å². The molecule has 0 bridgehead atoms. The van der Waals surface area contributed by atoms with E-state index in [1.54, 1.807) is 14.0 Å². The van der Waals surface area contributed by atoms with Gasteiger partial charge in [0.2, 0.25) is 11.8 Å². The zero-order chi connectivity index (χ0) is 15.8. The van der Waals surface area contributed by atoms with Gasteiger partial charge < -0.3 is 20.3 Å². The molecule has 2 fully saturated rings. The second kappa shape index (κ2) is 5.93. The summed E-state index contributed by atoms with van der Waals surface area (Å²) >= 11 is 0. The first-order valence-electron chi connectivity index (χ1n) is 7.69. The monoisotopic (exact) mass is 297 g/mol. The lowest BCUT2D eigenvalue weighted by Crippen LogP contribution is -2.54. The van der Waals surface area contributed by atoms with Gasteiger partial charge >= 0.3 is 0 Å². The van der Waals surface area contributed by atoms with Gasteiger partial charge in [-0.1, -0.05) is 13.8 Å². The van der Waals surface area contributed by atoms with E-state index in [9.17, 15) is 9.59 Å². The molecule has 0 spiro atoms. The number of likely N-dealkylation sites (N-methyl/N-ethyl adjacent to an activating group) is 1. The standard InChI is InChI=1S/C15H27N3O3/c1-9(16-5)13(19)17-11-6-7-21-12-8-15(3,4)10(2)18(12)14(11)20/h9-12,16H,6-8H2,1-5H3,(H,17,19). The second-order valence-corrected chi connectivity index (χ2v) is 6.80. The Kier molecular flexibility index (Phi) is 4.58. The van der Waals surface area contributed by atoms with Crippen LogP contribution < -0.4 is 10.6 Å². The van der Waals surface area contributed by atoms with Crippen LogP contribution in [0.15, 0.2) is 0 Å². The van der Waals surface area contributed by atoms with Crippen LogP contribution in [0.25, 0.3) is 0 Å². The highest BCUT2D eigenvalue weighted by Gasteiger charge is 2.49. The molecule has 0 aromatic carbocycles. The minimum absolute atomic E-state index is 0.0211. The fourth-order valence-electron chi connectivity index (χ4n) is 3.00. The zero-order valence-electron chi connectivity index (χ0n) is 13.6. The molecule has 21 heavy (non-hydrogen) atoms. The molecule has 0 saturated carbocycles. The van der Waals surface area contributed by atoms with Gasteiger partial charge in [0.1, 0.15) is 12.3 Å². The number of nitrogens with one attached hydrogen (secondary N) is 2. The number of ether oxygens (including phenoxy) is 1. The number of rotatable bonds is 3. The van der Waals surface area contributed by atoms with E-state index in [-0.39, 0.29) is 35.5 Å². The smallest absolute Gasteiger partial charge is 0.247 e. The Balaban J connectivity index is 2.12. The van der Waals surface area contributed by atoms with Gasteiger partial charge in [0.25, 0.3) is 0 Å². The van der Waals surface area contributed by atoms with E-state index in [4.69, 9.17) is 4.74 Å². The fourth-order valence-corrected chi connectivity index (χ4v) is 3.00. The average molecular weight is 297 g/mol. The molecule has 2 aliphatic heterocycles. The Hall–Kier alpha value is -1.14. The molecule has 0 aromatic rings. The topological polar surface area (TPSA) is 70.7 Å². The van der Waals surface area contributed by atoms with Crippen LogP contribution in [0.4, 0.5) is 0 Å². The van der Waals surface area contributed by atoms with E-state index in [0.717, 1.165) is 6.42 Å². The zero-order valence-corrected chi connectivity index (χ0v) is 13.6. The van der Waals surface area contributed by atoms with Crippen molar-refractivity contribution < 1.29 is 14.3 Å². The first-order valence-corrected chi connectivity index (χ1v) is 7.69. The third kappa shape index (κ3) is 3.06. The molecule has 2 rings (SSSR count). The van der Waals surface area contributed by atoms with E-state index in [1.807, 2.05) is 4.90 Å². The summed E-state index contributed by atoms with van der Waals surface area (Å²) < 4.78 is 5.84. The molecule has 0 aliphatic carbocycles. The van der Waals surface area contributed by atoms with Crippen LogP contribution >= 0.6 is 0 Å². The molecule has 4 unspecified atom stereocenters. The van der Waals surface area contributed by atoms with Crippen molar-refractivity contribution in [3.63, 3.8) is 0 Å². The van der Waals surface area contributed by atoms with E-state index in [1.165, 1.54) is 0 Å². The van der Waals surface area contributed by atoms with E-state index < -0.39 is 6.04 Å². The highest BCUT2D eigenvalue weighted by Crippen LogP contribution is 2.41. The second-order valence-electron chi connectivity index (χ2n) is 6.80. The van der Waals surface area contributed by atoms with Gasteiger partial charge in [-0.25, -0.2) is 0 Å². The maximum absolute atomic E-state index is 12.8. The predicted molar refractivity (Wildman–Crippen MR) is 79.5 cm³/mol. The maximum atomic E-state index is 12.8. The molecular weight excluding hydrogens is 270 g/mol. The Morgan fingerprint density at radius 1 is 1.48 bits per heavy atom. The van der Waals surface area contributed by atoms with Gasteiger partial charge in [0.05, 0.1) is 12.6 Å². The van der Waals surface area contributed by atoms with Gasteiger partial charge in [0, 0.05) is 12.5 Å². The van der Waals surface area contributed by atoms with E-state index in [2.05, 4.69) is 31.4 Å². The maximum Gasteiger partial charge on any atom is 0.247 e. The third-order valence-electron chi connectivity index (χ3n) is 4.97. The third-order valence-corrected chi connectivity index (χ3v) is 4.97. The lowest BCUT2D eigenvalue weighted by atomic mass is 9.85. The van der Waals surface area contributed by atoms with Crippen molar-refractivity contribution in [3.8, 4) is 0 Å². The number of hydrogen-bond acceptors (Lipinski definition) is 4. The largest absolute Gasteiger partial charge is 0.358 e. The molecule has 6 nitrogen and oxygen atoms in total. The minimum Gasteiger partial charge on any atom is -0.358 e. The Morgan fingerprint density at radius 2 is 2.14 bits per heavy atom. The molecule has 2 amide bonds. The first kappa shape index (κ1) is 16.2. The van der Waals surface area contributed by atoms with Crippen LogP contribution in [-0.4, -0.2) is 54.7 Å². The van der Waals surface area contributed by atoms with Crippen molar-refractivity contribution in [1.29, 1.82) is 0 Å². The average Bonchev–Trinajstić information content (AvgIpc) is 2.55. The van der Waals surface area contributed by atoms with Gasteiger partial charge in [0.15, 0.2) is 0 Å². The van der Waals surface area contributed by atoms with Gasteiger partial charge in [-0.3, -0.25) is 9.59 Å². The van der Waals surface area contributed by atoms with Crippen molar-refractivity contribution >= 4 is 11.8 Å². The molecular formula is C15H27N3O3. The molecule has 2 N–H and O–H groups in total. The molecule has 0 aromatic heterocycles. The lowest BCUT2D eigenvalue weighted by Gasteiger charge is -2.32. The lowest BCUT2D eigenvalue weighted by molar-refractivity contribution is -0.144. The molecule has 2 heterocycles. The van der Waals surface area contributed by atoms with E-state index >= 15 is 0 Å². The highest BCUT2D eigenvalue weighted by atomic mass is 16.5. The molecule has 4 atom stereocenters. The van der Waals surface area contributed by atoms with Gasteiger partial charge in [-0.05, 0) is 32.7 Å². The molecule has 2 aliphatic rings. The molecule has 6 heteroatoms. The summed E-state index contributed by atoms with van der Waals surface area (Å²) in [4.78, 5) is 26.6. The number of fused-ring (bicyclic) bond motifs is 1. The van der Waals surface area contributed by atoms with Gasteiger partial charge in [-0.15, -0.1) is 0 Å². The van der Waals surface area contributed by atoms with Crippen molar-refractivity contribution in [2.24, 2.45) is 5.41 Å². The summed E-state index contributed by atoms with van der Waals surface area (Å²) in [5.41, 5.74) is 0.0322. The highest BCUT2D eigenvalue weighted by molar-refractivity contribution is 5.90. The van der Waals surface area contributed by atoms with Crippen molar-refractivity contribution in [3.05, 3.63) is 0 Å². The summed E-state index contributed by atoms with van der Waals surface area (Å²) in [6.07, 6.45) is 1.21. The van der Waals surface area contributed by atoms with E-state index in [0.29, 0.717) is 13.0 Å². The minimum atomic E-state index is -0.491. The van der Waals surface area contributed by atoms with Crippen LogP contribution in [0.1, 0.15) is 40.5 Å². The first-order chi connectivity index (χ1) is 9.77. The predicted octanol–water partition coefficient (Wildman–Crippen LogP) is 0.473. The normalized spacial score (nSPS) is 33.3. The van der Waals surface area contributed by atoms with Crippen molar-refractivity contribution in [2.75, 3.05) is 13.7 Å². The molecule has 2 saturated heterocycles. The SMILES string of the molecule is CNC(C)C(=O)NC1CCOC2CC(C)(C)C(C)N2C1=O. The quantitative estimate of drug-likeness (QED) is 0.794. The number of carbonyl (C=O) groups is 2. The summed E-state index contributed by atoms with van der Waals surface area (Å²) in [7, 11) is 1.73. The fraction of sp³-hybridized carbons (Fsp3) is 0.867. The summed E-state index contributed by atoms with van der Waals surface area (Å²) in [6, 6.07) is -0.700. The number of carbonyl (C=O) groups excluding carboxylic acids is 2. The summed E-state index contributed by atoms with van der Waals surface area (Å²) in [5, 5.41) is 5.73. The van der Waals surface area contributed by atoms with Crippen LogP contribution in [0.5, 0.6) is 0 Å². The summed E-state index contributed by atoms with van der Waals surface area (Å²) in [6.45, 7) is 8.63.